The van der Waals surface area contributed by atoms with Gasteiger partial charge in [-0.15, -0.1) is 0 Å². The van der Waals surface area contributed by atoms with E-state index in [0.717, 1.165) is 0 Å². The lowest BCUT2D eigenvalue weighted by Gasteiger charge is -2.28. The van der Waals surface area contributed by atoms with Crippen molar-refractivity contribution in [2.45, 2.75) is 62.5 Å². The zero-order valence-corrected chi connectivity index (χ0v) is 15.7. The summed E-state index contributed by atoms with van der Waals surface area (Å²) in [6, 6.07) is 6.92. The summed E-state index contributed by atoms with van der Waals surface area (Å²) in [5.74, 6) is 0. The summed E-state index contributed by atoms with van der Waals surface area (Å²) in [4.78, 5) is 0. The Bertz CT molecular complexity index is 347. The third kappa shape index (κ3) is 4.09. The van der Waals surface area contributed by atoms with Gasteiger partial charge in [-0.25, -0.2) is 0 Å². The van der Waals surface area contributed by atoms with Crippen LogP contribution < -0.4 is 0 Å². The zero-order chi connectivity index (χ0) is 14.4. The van der Waals surface area contributed by atoms with Gasteiger partial charge in [0.05, 0.1) is 0 Å². The molecule has 0 nitrogen and oxygen atoms in total. The Morgan fingerprint density at radius 1 is 0.611 bits per heavy atom. The van der Waals surface area contributed by atoms with Crippen LogP contribution in [-0.2, 0) is 14.1 Å². The second kappa shape index (κ2) is 4.94. The normalized spacial score (nSPS) is 13.8. The van der Waals surface area contributed by atoms with Crippen LogP contribution in [0.15, 0.2) is 18.2 Å². The summed E-state index contributed by atoms with van der Waals surface area (Å²) in [6.45, 7) is 15.6. The highest BCUT2D eigenvalue weighted by Gasteiger charge is 2.25. The fourth-order valence-electron chi connectivity index (χ4n) is 1.75. The minimum Gasteiger partial charge on any atom is -0.0807 e. The number of benzene rings is 1. The number of hydrogen-bond donors (Lipinski definition) is 0. The molecule has 0 atom stereocenters. The Kier molecular flexibility index (Phi) is 4.45. The van der Waals surface area contributed by atoms with E-state index in [4.69, 9.17) is 0 Å². The Morgan fingerprint density at radius 3 is 1.11 bits per heavy atom. The van der Waals surface area contributed by atoms with Crippen LogP contribution in [0.5, 0.6) is 0 Å². The van der Waals surface area contributed by atoms with Crippen molar-refractivity contribution < 1.29 is 0 Å². The van der Waals surface area contributed by atoms with E-state index in [1.807, 2.05) is 0 Å². The first-order valence-corrected chi connectivity index (χ1v) is 7.95. The standard InChI is InChI=1S/C16H24Br2/c1-14(2,3)11-8-12(15(4,5)17)10-13(9-11)16(6,7)18/h8-10H,1-7H3. The van der Waals surface area contributed by atoms with E-state index in [9.17, 15) is 0 Å². The van der Waals surface area contributed by atoms with Crippen LogP contribution in [0.3, 0.4) is 0 Å². The molecule has 0 aliphatic heterocycles. The van der Waals surface area contributed by atoms with E-state index in [1.165, 1.54) is 16.7 Å². The molecule has 0 heterocycles. The van der Waals surface area contributed by atoms with Crippen molar-refractivity contribution in [2.24, 2.45) is 0 Å². The largest absolute Gasteiger partial charge is 0.0807 e. The van der Waals surface area contributed by atoms with Crippen molar-refractivity contribution in [3.8, 4) is 0 Å². The van der Waals surface area contributed by atoms with Crippen LogP contribution in [0.2, 0.25) is 0 Å². The lowest BCUT2D eigenvalue weighted by molar-refractivity contribution is 0.585. The fourth-order valence-corrected chi connectivity index (χ4v) is 2.20. The maximum atomic E-state index is 3.77. The van der Waals surface area contributed by atoms with Crippen LogP contribution in [0.1, 0.15) is 65.2 Å². The second-order valence-electron chi connectivity index (χ2n) is 6.99. The summed E-state index contributed by atoms with van der Waals surface area (Å²) in [7, 11) is 0. The van der Waals surface area contributed by atoms with E-state index < -0.39 is 0 Å². The molecule has 0 radical (unpaired) electrons. The van der Waals surface area contributed by atoms with Crippen molar-refractivity contribution in [2.75, 3.05) is 0 Å². The highest BCUT2D eigenvalue weighted by atomic mass is 79.9. The quantitative estimate of drug-likeness (QED) is 0.536. The first kappa shape index (κ1) is 16.2. The van der Waals surface area contributed by atoms with E-state index in [1.54, 1.807) is 0 Å². The van der Waals surface area contributed by atoms with Gasteiger partial charge in [0.2, 0.25) is 0 Å². The molecule has 0 unspecified atom stereocenters. The molecule has 102 valence electrons. The van der Waals surface area contributed by atoms with Gasteiger partial charge in [0.15, 0.2) is 0 Å². The minimum atomic E-state index is 0.00125. The summed E-state index contributed by atoms with van der Waals surface area (Å²) in [6.07, 6.45) is 0. The van der Waals surface area contributed by atoms with Gasteiger partial charge < -0.3 is 0 Å². The van der Waals surface area contributed by atoms with E-state index in [2.05, 4.69) is 98.5 Å². The number of rotatable bonds is 2. The molecule has 0 amide bonds. The summed E-state index contributed by atoms with van der Waals surface area (Å²) >= 11 is 7.55. The van der Waals surface area contributed by atoms with Crippen molar-refractivity contribution in [1.82, 2.24) is 0 Å². The topological polar surface area (TPSA) is 0 Å². The van der Waals surface area contributed by atoms with Gasteiger partial charge in [0.1, 0.15) is 0 Å². The molecule has 1 rings (SSSR count). The molecule has 0 saturated heterocycles. The van der Waals surface area contributed by atoms with Crippen molar-refractivity contribution in [1.29, 1.82) is 0 Å². The Balaban J connectivity index is 3.49. The second-order valence-corrected chi connectivity index (χ2v) is 11.0. The van der Waals surface area contributed by atoms with Gasteiger partial charge in [0, 0.05) is 8.65 Å². The van der Waals surface area contributed by atoms with Gasteiger partial charge in [-0.2, -0.15) is 0 Å². The summed E-state index contributed by atoms with van der Waals surface area (Å²) in [5.41, 5.74) is 4.21. The number of hydrogen-bond acceptors (Lipinski definition) is 0. The van der Waals surface area contributed by atoms with E-state index in [0.29, 0.717) is 0 Å². The lowest BCUT2D eigenvalue weighted by atomic mass is 9.82. The SMILES string of the molecule is CC(C)(C)c1cc(C(C)(C)Br)cc(C(C)(C)Br)c1. The molecule has 0 aliphatic carbocycles. The molecule has 18 heavy (non-hydrogen) atoms. The Hall–Kier alpha value is 0.180. The van der Waals surface area contributed by atoms with E-state index in [-0.39, 0.29) is 14.1 Å². The molecule has 0 spiro atoms. The molecular formula is C16H24Br2. The smallest absolute Gasteiger partial charge is 0.0450 e. The average molecular weight is 376 g/mol. The fraction of sp³-hybridized carbons (Fsp3) is 0.625. The van der Waals surface area contributed by atoms with Crippen molar-refractivity contribution in [3.05, 3.63) is 34.9 Å². The molecule has 0 saturated carbocycles. The monoisotopic (exact) mass is 374 g/mol. The van der Waals surface area contributed by atoms with Crippen LogP contribution >= 0.6 is 31.9 Å². The van der Waals surface area contributed by atoms with Crippen molar-refractivity contribution in [3.63, 3.8) is 0 Å². The Labute approximate surface area is 129 Å². The zero-order valence-electron chi connectivity index (χ0n) is 12.5. The van der Waals surface area contributed by atoms with E-state index >= 15 is 0 Å². The molecule has 0 N–H and O–H groups in total. The van der Waals surface area contributed by atoms with Crippen LogP contribution in [0.25, 0.3) is 0 Å². The predicted octanol–water partition coefficient (Wildman–Crippen LogP) is 6.24. The van der Waals surface area contributed by atoms with Crippen LogP contribution in [0, 0.1) is 0 Å². The molecule has 1 aromatic carbocycles. The molecule has 0 fully saturated rings. The maximum absolute atomic E-state index is 3.77. The maximum Gasteiger partial charge on any atom is 0.0450 e. The first-order chi connectivity index (χ1) is 7.82. The third-order valence-electron chi connectivity index (χ3n) is 3.17. The van der Waals surface area contributed by atoms with Gasteiger partial charge in [-0.05, 0) is 49.8 Å². The average Bonchev–Trinajstić information content (AvgIpc) is 2.13. The van der Waals surface area contributed by atoms with Crippen LogP contribution in [-0.4, -0.2) is 0 Å². The first-order valence-electron chi connectivity index (χ1n) is 6.36. The molecule has 0 bridgehead atoms. The minimum absolute atomic E-state index is 0.00125. The van der Waals surface area contributed by atoms with Crippen molar-refractivity contribution >= 4 is 31.9 Å². The molecule has 2 heteroatoms. The highest BCUT2D eigenvalue weighted by Crippen LogP contribution is 2.39. The lowest BCUT2D eigenvalue weighted by Crippen LogP contribution is -2.18. The number of alkyl halides is 2. The molecule has 1 aromatic rings. The summed E-state index contributed by atoms with van der Waals surface area (Å²) in [5, 5.41) is 0. The predicted molar refractivity (Wildman–Crippen MR) is 89.0 cm³/mol. The summed E-state index contributed by atoms with van der Waals surface area (Å²) < 4.78 is 0.00250. The van der Waals surface area contributed by atoms with Gasteiger partial charge in [-0.1, -0.05) is 70.8 Å². The molecule has 0 aliphatic rings. The highest BCUT2D eigenvalue weighted by molar-refractivity contribution is 9.09. The third-order valence-corrected chi connectivity index (χ3v) is 4.09. The Morgan fingerprint density at radius 2 is 0.889 bits per heavy atom. The van der Waals surface area contributed by atoms with Crippen LogP contribution in [0.4, 0.5) is 0 Å². The van der Waals surface area contributed by atoms with Gasteiger partial charge in [0.25, 0.3) is 0 Å². The van der Waals surface area contributed by atoms with Gasteiger partial charge in [-0.3, -0.25) is 0 Å². The number of halogens is 2. The molecule has 0 aromatic heterocycles. The van der Waals surface area contributed by atoms with Gasteiger partial charge >= 0.3 is 0 Å². The molecular weight excluding hydrogens is 352 g/mol.